The second-order valence-corrected chi connectivity index (χ2v) is 7.94. The molecule has 0 aromatic heterocycles. The predicted octanol–water partition coefficient (Wildman–Crippen LogP) is 0.125. The van der Waals surface area contributed by atoms with Gasteiger partial charge in [-0.2, -0.15) is 0 Å². The van der Waals surface area contributed by atoms with E-state index in [1.54, 1.807) is 0 Å². The smallest absolute Gasteiger partial charge is 0.282 e. The molecule has 0 saturated carbocycles. The number of rotatable bonds is 7. The molecule has 0 bridgehead atoms. The minimum atomic E-state index is -0.0799. The van der Waals surface area contributed by atoms with Crippen LogP contribution < -0.4 is 29.3 Å². The van der Waals surface area contributed by atoms with Crippen LogP contribution in [0.2, 0.25) is 0 Å². The first kappa shape index (κ1) is 20.5. The third-order valence-corrected chi connectivity index (χ3v) is 5.93. The number of piperazine rings is 1. The number of benzene rings is 2. The maximum atomic E-state index is 12.7. The second-order valence-electron chi connectivity index (χ2n) is 7.94. The summed E-state index contributed by atoms with van der Waals surface area (Å²) in [6, 6.07) is 13.7. The third-order valence-electron chi connectivity index (χ3n) is 5.93. The highest BCUT2D eigenvalue weighted by molar-refractivity contribution is 5.93. The molecule has 0 spiro atoms. The van der Waals surface area contributed by atoms with Crippen LogP contribution in [-0.2, 0) is 11.3 Å². The molecule has 1 fully saturated rings. The Hall–Kier alpha value is -2.77. The Kier molecular flexibility index (Phi) is 6.40. The van der Waals surface area contributed by atoms with Gasteiger partial charge in [-0.15, -0.1) is 0 Å². The van der Waals surface area contributed by atoms with Gasteiger partial charge >= 0.3 is 0 Å². The van der Waals surface area contributed by atoms with Gasteiger partial charge in [-0.1, -0.05) is 0 Å². The quantitative estimate of drug-likeness (QED) is 0.604. The van der Waals surface area contributed by atoms with E-state index in [4.69, 9.17) is 14.2 Å². The first-order valence-electron chi connectivity index (χ1n) is 10.7. The number of amides is 1. The average molecular weight is 414 g/mol. The number of carbonyl (C=O) groups is 1. The van der Waals surface area contributed by atoms with Crippen LogP contribution >= 0.6 is 0 Å². The van der Waals surface area contributed by atoms with Gasteiger partial charge in [-0.05, 0) is 56.3 Å². The summed E-state index contributed by atoms with van der Waals surface area (Å²) >= 11 is 0. The highest BCUT2D eigenvalue weighted by atomic mass is 16.7. The van der Waals surface area contributed by atoms with Gasteiger partial charge in [0.1, 0.15) is 38.5 Å². The fourth-order valence-electron chi connectivity index (χ4n) is 4.11. The molecule has 4 rings (SSSR count). The third kappa shape index (κ3) is 4.86. The molecule has 7 heteroatoms. The van der Waals surface area contributed by atoms with Crippen LogP contribution in [-0.4, -0.2) is 51.5 Å². The molecule has 160 valence electrons. The Balaban J connectivity index is 1.25. The van der Waals surface area contributed by atoms with E-state index in [1.165, 1.54) is 15.4 Å². The van der Waals surface area contributed by atoms with Crippen LogP contribution in [0.3, 0.4) is 0 Å². The minimum Gasteiger partial charge on any atom is -0.494 e. The molecule has 2 aromatic carbocycles. The van der Waals surface area contributed by atoms with E-state index < -0.39 is 0 Å². The van der Waals surface area contributed by atoms with Crippen molar-refractivity contribution in [3.05, 3.63) is 48.0 Å². The van der Waals surface area contributed by atoms with Crippen molar-refractivity contribution in [3.63, 3.8) is 0 Å². The van der Waals surface area contributed by atoms with Gasteiger partial charge in [0.2, 0.25) is 6.79 Å². The average Bonchev–Trinajstić information content (AvgIpc) is 3.23. The minimum absolute atomic E-state index is 0.0633. The summed E-state index contributed by atoms with van der Waals surface area (Å²) < 4.78 is 16.3. The highest BCUT2D eigenvalue weighted by Gasteiger charge is 2.31. The van der Waals surface area contributed by atoms with E-state index in [9.17, 15) is 4.79 Å². The first-order chi connectivity index (χ1) is 14.6. The fraction of sp³-hybridized carbons (Fsp3) is 0.435. The molecule has 3 N–H and O–H groups in total. The lowest BCUT2D eigenvalue weighted by Crippen LogP contribution is -3.29. The summed E-state index contributed by atoms with van der Waals surface area (Å²) in [5.74, 6) is 2.55. The maximum Gasteiger partial charge on any atom is 0.282 e. The van der Waals surface area contributed by atoms with Crippen molar-refractivity contribution in [2.45, 2.75) is 26.4 Å². The fourth-order valence-corrected chi connectivity index (χ4v) is 4.11. The first-order valence-corrected chi connectivity index (χ1v) is 10.7. The van der Waals surface area contributed by atoms with Gasteiger partial charge in [0, 0.05) is 11.3 Å². The van der Waals surface area contributed by atoms with Gasteiger partial charge in [0.25, 0.3) is 5.91 Å². The number of carbonyl (C=O) groups excluding carboxylic acids is 1. The van der Waals surface area contributed by atoms with E-state index in [1.807, 2.05) is 44.2 Å². The maximum absolute atomic E-state index is 12.7. The van der Waals surface area contributed by atoms with Gasteiger partial charge in [0.05, 0.1) is 6.61 Å². The van der Waals surface area contributed by atoms with Gasteiger partial charge in [0.15, 0.2) is 17.5 Å². The van der Waals surface area contributed by atoms with Crippen molar-refractivity contribution in [1.29, 1.82) is 0 Å². The molecule has 1 saturated heterocycles. The summed E-state index contributed by atoms with van der Waals surface area (Å²) in [6.07, 6.45) is 0. The van der Waals surface area contributed by atoms with Gasteiger partial charge in [-0.25, -0.2) is 0 Å². The monoisotopic (exact) mass is 413 g/mol. The molecule has 7 nitrogen and oxygen atoms in total. The molecular weight excluding hydrogens is 382 g/mol. The molecule has 2 aliphatic rings. The van der Waals surface area contributed by atoms with Crippen molar-refractivity contribution < 1.29 is 28.8 Å². The number of nitrogens with one attached hydrogen (secondary N) is 3. The molecule has 0 radical (unpaired) electrons. The SMILES string of the molecule is CCOc1ccc(NC(=O)[C@H](C)[NH+]2CC[NH+](Cc3ccc4c(c3)OCO4)CC2)cc1. The van der Waals surface area contributed by atoms with E-state index in [0.717, 1.165) is 55.7 Å². The summed E-state index contributed by atoms with van der Waals surface area (Å²) in [7, 11) is 0. The largest absolute Gasteiger partial charge is 0.494 e. The van der Waals surface area contributed by atoms with Crippen LogP contribution in [0.15, 0.2) is 42.5 Å². The number of hydrogen-bond acceptors (Lipinski definition) is 4. The number of quaternary nitrogens is 2. The number of anilines is 1. The Morgan fingerprint density at radius 3 is 2.53 bits per heavy atom. The van der Waals surface area contributed by atoms with Crippen molar-refractivity contribution >= 4 is 11.6 Å². The zero-order valence-electron chi connectivity index (χ0n) is 17.7. The summed E-state index contributed by atoms with van der Waals surface area (Å²) in [6.45, 7) is 9.94. The second kappa shape index (κ2) is 9.36. The molecule has 30 heavy (non-hydrogen) atoms. The lowest BCUT2D eigenvalue weighted by Gasteiger charge is -2.32. The lowest BCUT2D eigenvalue weighted by atomic mass is 10.1. The summed E-state index contributed by atoms with van der Waals surface area (Å²) in [5, 5.41) is 3.04. The molecule has 2 aromatic rings. The van der Waals surface area contributed by atoms with E-state index in [-0.39, 0.29) is 11.9 Å². The van der Waals surface area contributed by atoms with Crippen molar-refractivity contribution in [2.75, 3.05) is 44.9 Å². The molecule has 1 amide bonds. The highest BCUT2D eigenvalue weighted by Crippen LogP contribution is 2.32. The Labute approximate surface area is 177 Å². The summed E-state index contributed by atoms with van der Waals surface area (Å²) in [4.78, 5) is 15.6. The van der Waals surface area contributed by atoms with Gasteiger partial charge < -0.3 is 29.3 Å². The standard InChI is InChI=1S/C23H29N3O4/c1-3-28-20-7-5-19(6-8-20)24-23(27)17(2)26-12-10-25(11-13-26)15-18-4-9-21-22(14-18)30-16-29-21/h4-9,14,17H,3,10-13,15-16H2,1-2H3,(H,24,27)/p+2/t17-/m0/s1. The van der Waals surface area contributed by atoms with Crippen LogP contribution in [0, 0.1) is 0 Å². The van der Waals surface area contributed by atoms with Gasteiger partial charge in [-0.3, -0.25) is 4.79 Å². The van der Waals surface area contributed by atoms with E-state index in [2.05, 4.69) is 17.4 Å². The lowest BCUT2D eigenvalue weighted by molar-refractivity contribution is -1.02. The molecular formula is C23H31N3O4+2. The van der Waals surface area contributed by atoms with Crippen LogP contribution in [0.5, 0.6) is 17.2 Å². The molecule has 0 unspecified atom stereocenters. The van der Waals surface area contributed by atoms with Crippen LogP contribution in [0.1, 0.15) is 19.4 Å². The molecule has 2 aliphatic heterocycles. The molecule has 1 atom stereocenters. The van der Waals surface area contributed by atoms with Crippen molar-refractivity contribution in [1.82, 2.24) is 0 Å². The Morgan fingerprint density at radius 2 is 1.80 bits per heavy atom. The zero-order valence-corrected chi connectivity index (χ0v) is 17.7. The normalized spacial score (nSPS) is 21.1. The van der Waals surface area contributed by atoms with Crippen LogP contribution in [0.25, 0.3) is 0 Å². The Morgan fingerprint density at radius 1 is 1.07 bits per heavy atom. The van der Waals surface area contributed by atoms with Crippen molar-refractivity contribution in [3.8, 4) is 17.2 Å². The number of hydrogen-bond donors (Lipinski definition) is 3. The zero-order chi connectivity index (χ0) is 20.9. The van der Waals surface area contributed by atoms with E-state index >= 15 is 0 Å². The number of ether oxygens (including phenoxy) is 3. The summed E-state index contributed by atoms with van der Waals surface area (Å²) in [5.41, 5.74) is 2.07. The Bertz CT molecular complexity index is 863. The van der Waals surface area contributed by atoms with Crippen LogP contribution in [0.4, 0.5) is 5.69 Å². The molecule has 2 heterocycles. The topological polar surface area (TPSA) is 65.7 Å². The number of fused-ring (bicyclic) bond motifs is 1. The van der Waals surface area contributed by atoms with E-state index in [0.29, 0.717) is 13.4 Å². The molecule has 0 aliphatic carbocycles. The predicted molar refractivity (Wildman–Crippen MR) is 113 cm³/mol. The van der Waals surface area contributed by atoms with Crippen molar-refractivity contribution in [2.24, 2.45) is 0 Å².